The van der Waals surface area contributed by atoms with Crippen LogP contribution in [-0.4, -0.2) is 49.6 Å². The molecule has 0 saturated carbocycles. The molecule has 2 aliphatic rings. The molecular weight excluding hydrogens is 480 g/mol. The second kappa shape index (κ2) is 11.1. The SMILES string of the molecule is CCN(CC)S(=O)(=O)c1cccc(C(=O)C2=C(N3CCCCC3)/C(=C/c3ccc(Cl)cc3)CC2)c1. The zero-order valence-electron chi connectivity index (χ0n) is 20.5. The van der Waals surface area contributed by atoms with Gasteiger partial charge in [-0.3, -0.25) is 4.79 Å². The average Bonchev–Trinajstić information content (AvgIpc) is 3.29. The standard InChI is InChI=1S/C28H33ClN2O3S/c1-3-31(4-2)35(33,34)25-10-8-9-23(20-25)28(32)26-16-13-22(19-21-11-14-24(29)15-12-21)27(26)30-17-6-5-7-18-30/h8-12,14-15,19-20H,3-7,13,16-18H2,1-2H3/b22-19+. The fourth-order valence-electron chi connectivity index (χ4n) is 5.01. The van der Waals surface area contributed by atoms with Crippen molar-refractivity contribution in [3.63, 3.8) is 0 Å². The lowest BCUT2D eigenvalue weighted by Crippen LogP contribution is -2.31. The number of allylic oxidation sites excluding steroid dienone is 2. The Labute approximate surface area is 214 Å². The molecule has 1 aliphatic heterocycles. The Hall–Kier alpha value is -2.41. The highest BCUT2D eigenvalue weighted by Crippen LogP contribution is 2.38. The number of benzene rings is 2. The Bertz CT molecular complexity index is 1240. The maximum absolute atomic E-state index is 13.8. The van der Waals surface area contributed by atoms with Crippen LogP contribution in [0.2, 0.25) is 5.02 Å². The van der Waals surface area contributed by atoms with Gasteiger partial charge in [0.2, 0.25) is 10.0 Å². The highest BCUT2D eigenvalue weighted by Gasteiger charge is 2.31. The molecule has 1 aliphatic carbocycles. The van der Waals surface area contributed by atoms with E-state index in [4.69, 9.17) is 11.6 Å². The van der Waals surface area contributed by atoms with Crippen molar-refractivity contribution < 1.29 is 13.2 Å². The van der Waals surface area contributed by atoms with E-state index in [1.807, 2.05) is 38.1 Å². The minimum absolute atomic E-state index is 0.0818. The number of halogens is 1. The summed E-state index contributed by atoms with van der Waals surface area (Å²) in [6, 6.07) is 14.2. The summed E-state index contributed by atoms with van der Waals surface area (Å²) in [4.78, 5) is 16.3. The summed E-state index contributed by atoms with van der Waals surface area (Å²) in [7, 11) is -3.64. The highest BCUT2D eigenvalue weighted by atomic mass is 35.5. The molecule has 0 spiro atoms. The molecule has 0 amide bonds. The van der Waals surface area contributed by atoms with E-state index in [0.29, 0.717) is 30.1 Å². The first-order valence-electron chi connectivity index (χ1n) is 12.4. The highest BCUT2D eigenvalue weighted by molar-refractivity contribution is 7.89. The van der Waals surface area contributed by atoms with E-state index in [1.54, 1.807) is 18.2 Å². The van der Waals surface area contributed by atoms with E-state index in [2.05, 4.69) is 11.0 Å². The van der Waals surface area contributed by atoms with Crippen LogP contribution in [0, 0.1) is 0 Å². The zero-order valence-corrected chi connectivity index (χ0v) is 22.0. The van der Waals surface area contributed by atoms with Gasteiger partial charge in [-0.05, 0) is 73.6 Å². The number of nitrogens with zero attached hydrogens (tertiary/aromatic N) is 2. The molecule has 2 aromatic carbocycles. The fraction of sp³-hybridized carbons (Fsp3) is 0.393. The van der Waals surface area contributed by atoms with Gasteiger partial charge in [0, 0.05) is 48.0 Å². The quantitative estimate of drug-likeness (QED) is 0.397. The van der Waals surface area contributed by atoms with Gasteiger partial charge in [-0.25, -0.2) is 8.42 Å². The molecule has 1 heterocycles. The first-order chi connectivity index (χ1) is 16.8. The van der Waals surface area contributed by atoms with E-state index in [-0.39, 0.29) is 10.7 Å². The minimum atomic E-state index is -3.64. The van der Waals surface area contributed by atoms with Gasteiger partial charge in [0.05, 0.1) is 4.90 Å². The van der Waals surface area contributed by atoms with Gasteiger partial charge < -0.3 is 4.90 Å². The van der Waals surface area contributed by atoms with Crippen LogP contribution in [0.1, 0.15) is 61.9 Å². The number of hydrogen-bond donors (Lipinski definition) is 0. The van der Waals surface area contributed by atoms with Crippen molar-refractivity contribution in [2.75, 3.05) is 26.2 Å². The second-order valence-electron chi connectivity index (χ2n) is 9.04. The number of piperidine rings is 1. The van der Waals surface area contributed by atoms with Gasteiger partial charge in [0.15, 0.2) is 5.78 Å². The minimum Gasteiger partial charge on any atom is -0.371 e. The molecule has 0 aromatic heterocycles. The number of sulfonamides is 1. The van der Waals surface area contributed by atoms with E-state index < -0.39 is 10.0 Å². The lowest BCUT2D eigenvalue weighted by atomic mass is 10.00. The van der Waals surface area contributed by atoms with Crippen molar-refractivity contribution in [2.45, 2.75) is 50.8 Å². The van der Waals surface area contributed by atoms with Gasteiger partial charge in [-0.15, -0.1) is 0 Å². The Morgan fingerprint density at radius 3 is 2.34 bits per heavy atom. The molecule has 1 saturated heterocycles. The van der Waals surface area contributed by atoms with Crippen molar-refractivity contribution in [3.8, 4) is 0 Å². The van der Waals surface area contributed by atoms with Gasteiger partial charge in [-0.2, -0.15) is 4.31 Å². The summed E-state index contributed by atoms with van der Waals surface area (Å²) in [6.45, 7) is 6.28. The first kappa shape index (κ1) is 25.7. The van der Waals surface area contributed by atoms with Crippen molar-refractivity contribution in [3.05, 3.63) is 81.5 Å². The van der Waals surface area contributed by atoms with Crippen LogP contribution < -0.4 is 0 Å². The molecule has 5 nitrogen and oxygen atoms in total. The summed E-state index contributed by atoms with van der Waals surface area (Å²) in [5.74, 6) is -0.0818. The van der Waals surface area contributed by atoms with Gasteiger partial charge >= 0.3 is 0 Å². The van der Waals surface area contributed by atoms with Crippen LogP contribution >= 0.6 is 11.6 Å². The molecule has 4 rings (SSSR count). The van der Waals surface area contributed by atoms with Gasteiger partial charge in [0.25, 0.3) is 0 Å². The third-order valence-corrected chi connectivity index (χ3v) is 9.13. The van der Waals surface area contributed by atoms with E-state index >= 15 is 0 Å². The summed E-state index contributed by atoms with van der Waals surface area (Å²) < 4.78 is 27.5. The third kappa shape index (κ3) is 5.55. The first-order valence-corrected chi connectivity index (χ1v) is 14.3. The van der Waals surface area contributed by atoms with Crippen molar-refractivity contribution in [2.24, 2.45) is 0 Å². The molecular formula is C28H33ClN2O3S. The third-order valence-electron chi connectivity index (χ3n) is 6.83. The summed E-state index contributed by atoms with van der Waals surface area (Å²) in [5.41, 5.74) is 4.45. The van der Waals surface area contributed by atoms with Crippen molar-refractivity contribution in [1.29, 1.82) is 0 Å². The molecule has 0 bridgehead atoms. The predicted molar refractivity (Wildman–Crippen MR) is 142 cm³/mol. The smallest absolute Gasteiger partial charge is 0.243 e. The summed E-state index contributed by atoms with van der Waals surface area (Å²) >= 11 is 6.07. The summed E-state index contributed by atoms with van der Waals surface area (Å²) in [6.07, 6.45) is 7.01. The number of carbonyl (C=O) groups is 1. The molecule has 186 valence electrons. The number of ketones is 1. The van der Waals surface area contributed by atoms with Crippen LogP contribution in [0.25, 0.3) is 6.08 Å². The normalized spacial score (nSPS) is 18.1. The van der Waals surface area contributed by atoms with E-state index in [1.165, 1.54) is 16.8 Å². The predicted octanol–water partition coefficient (Wildman–Crippen LogP) is 6.17. The monoisotopic (exact) mass is 512 g/mol. The maximum Gasteiger partial charge on any atom is 0.243 e. The van der Waals surface area contributed by atoms with Gasteiger partial charge in [0.1, 0.15) is 0 Å². The number of rotatable bonds is 8. The number of Topliss-reactive ketones (excluding diaryl/α,β-unsaturated/α-hetero) is 1. The van der Waals surface area contributed by atoms with Crippen LogP contribution in [0.5, 0.6) is 0 Å². The molecule has 7 heteroatoms. The topological polar surface area (TPSA) is 57.7 Å². The Kier molecular flexibility index (Phi) is 8.15. The lowest BCUT2D eigenvalue weighted by molar-refractivity contribution is 0.102. The maximum atomic E-state index is 13.8. The van der Waals surface area contributed by atoms with E-state index in [9.17, 15) is 13.2 Å². The van der Waals surface area contributed by atoms with Crippen LogP contribution in [0.4, 0.5) is 0 Å². The van der Waals surface area contributed by atoms with Crippen LogP contribution in [-0.2, 0) is 10.0 Å². The Morgan fingerprint density at radius 1 is 1.00 bits per heavy atom. The van der Waals surface area contributed by atoms with Gasteiger partial charge in [-0.1, -0.05) is 49.7 Å². The van der Waals surface area contributed by atoms with Crippen molar-refractivity contribution in [1.82, 2.24) is 9.21 Å². The molecule has 2 aromatic rings. The molecule has 0 atom stereocenters. The van der Waals surface area contributed by atoms with E-state index in [0.717, 1.165) is 54.8 Å². The Morgan fingerprint density at radius 2 is 1.69 bits per heavy atom. The summed E-state index contributed by atoms with van der Waals surface area (Å²) in [5, 5.41) is 0.695. The lowest BCUT2D eigenvalue weighted by Gasteiger charge is -2.31. The van der Waals surface area contributed by atoms with Crippen molar-refractivity contribution >= 4 is 33.5 Å². The largest absolute Gasteiger partial charge is 0.371 e. The molecule has 0 N–H and O–H groups in total. The average molecular weight is 513 g/mol. The van der Waals surface area contributed by atoms with Crippen LogP contribution in [0.3, 0.4) is 0 Å². The zero-order chi connectivity index (χ0) is 25.0. The molecule has 0 unspecified atom stereocenters. The number of hydrogen-bond acceptors (Lipinski definition) is 4. The Balaban J connectivity index is 1.74. The number of likely N-dealkylation sites (tertiary alicyclic amines) is 1. The second-order valence-corrected chi connectivity index (χ2v) is 11.4. The fourth-order valence-corrected chi connectivity index (χ4v) is 6.64. The van der Waals surface area contributed by atoms with Crippen LogP contribution in [0.15, 0.2) is 70.3 Å². The molecule has 1 fully saturated rings. The molecule has 0 radical (unpaired) electrons. The number of carbonyl (C=O) groups excluding carboxylic acids is 1. The molecule has 35 heavy (non-hydrogen) atoms.